The van der Waals surface area contributed by atoms with E-state index in [0.29, 0.717) is 35.4 Å². The van der Waals surface area contributed by atoms with Gasteiger partial charge in [-0.3, -0.25) is 4.39 Å². The van der Waals surface area contributed by atoms with Gasteiger partial charge in [-0.15, -0.1) is 5.10 Å². The summed E-state index contributed by atoms with van der Waals surface area (Å²) in [5.74, 6) is -3.30. The minimum Gasteiger partial charge on any atom is -0.479 e. The molecule has 0 aliphatic carbocycles. The van der Waals surface area contributed by atoms with Gasteiger partial charge >= 0.3 is 0 Å². The van der Waals surface area contributed by atoms with Crippen molar-refractivity contribution in [3.8, 4) is 17.0 Å². The fraction of sp³-hybridized carbons (Fsp3) is 0.455. The van der Waals surface area contributed by atoms with Crippen molar-refractivity contribution in [1.29, 1.82) is 5.53 Å². The molecule has 0 unspecified atom stereocenters. The van der Waals surface area contributed by atoms with Crippen molar-refractivity contribution in [2.45, 2.75) is 24.8 Å². The van der Waals surface area contributed by atoms with Gasteiger partial charge in [0.25, 0.3) is 5.92 Å². The maximum absolute atomic E-state index is 14.8. The second-order valence-electron chi connectivity index (χ2n) is 8.62. The number of fused-ring (bicyclic) bond motifs is 1. The molecule has 200 valence electrons. The minimum absolute atomic E-state index is 0.0541. The Labute approximate surface area is 211 Å². The van der Waals surface area contributed by atoms with Crippen LogP contribution >= 0.6 is 0 Å². The van der Waals surface area contributed by atoms with Gasteiger partial charge in [0.15, 0.2) is 0 Å². The van der Waals surface area contributed by atoms with E-state index in [2.05, 4.69) is 25.8 Å². The van der Waals surface area contributed by atoms with Crippen molar-refractivity contribution < 1.29 is 26.3 Å². The fourth-order valence-electron chi connectivity index (χ4n) is 4.19. The predicted octanol–water partition coefficient (Wildman–Crippen LogP) is 3.92. The smallest absolute Gasteiger partial charge is 0.281 e. The fourth-order valence-corrected chi connectivity index (χ4v) is 5.03. The zero-order chi connectivity index (χ0) is 26.8. The van der Waals surface area contributed by atoms with Crippen molar-refractivity contribution in [1.82, 2.24) is 18.9 Å². The van der Waals surface area contributed by atoms with E-state index in [-0.39, 0.29) is 24.8 Å². The number of alkyl halides is 3. The lowest BCUT2D eigenvalue weighted by molar-refractivity contribution is -0.0541. The van der Waals surface area contributed by atoms with Crippen LogP contribution in [0.4, 0.5) is 30.5 Å². The Bertz CT molecular complexity index is 1400. The van der Waals surface area contributed by atoms with E-state index in [1.807, 2.05) is 0 Å². The second kappa shape index (κ2) is 10.5. The molecule has 3 aromatic rings. The Morgan fingerprint density at radius 1 is 1.32 bits per heavy atom. The SMILES string of the molecule is COc1nc(N[C@@H]2CCN(S(C)(=O)=O)CC2(F)F)nn2ccc(-c3ccc(N=N)c(NCCCF)c3)c12. The molecule has 1 aromatic carbocycles. The first kappa shape index (κ1) is 26.6. The molecule has 11 nitrogen and oxygen atoms in total. The van der Waals surface area contributed by atoms with E-state index >= 15 is 0 Å². The number of anilines is 2. The van der Waals surface area contributed by atoms with Crippen molar-refractivity contribution in [3.05, 3.63) is 30.5 Å². The van der Waals surface area contributed by atoms with E-state index in [0.717, 1.165) is 16.1 Å². The van der Waals surface area contributed by atoms with E-state index in [1.165, 1.54) is 11.6 Å². The molecule has 0 spiro atoms. The third-order valence-electron chi connectivity index (χ3n) is 6.06. The lowest BCUT2D eigenvalue weighted by Crippen LogP contribution is -2.55. The first-order valence-electron chi connectivity index (χ1n) is 11.4. The van der Waals surface area contributed by atoms with E-state index < -0.39 is 35.2 Å². The molecule has 0 saturated carbocycles. The van der Waals surface area contributed by atoms with Gasteiger partial charge in [-0.2, -0.15) is 14.4 Å². The Balaban J connectivity index is 1.64. The molecule has 3 heterocycles. The summed E-state index contributed by atoms with van der Waals surface area (Å²) >= 11 is 0. The molecule has 3 N–H and O–H groups in total. The average molecular weight is 541 g/mol. The number of halogens is 3. The summed E-state index contributed by atoms with van der Waals surface area (Å²) in [5, 5.41) is 13.5. The van der Waals surface area contributed by atoms with Crippen LogP contribution in [0.5, 0.6) is 5.88 Å². The summed E-state index contributed by atoms with van der Waals surface area (Å²) in [4.78, 5) is 4.29. The number of nitrogens with zero attached hydrogens (tertiary/aromatic N) is 5. The van der Waals surface area contributed by atoms with Gasteiger partial charge in [-0.25, -0.2) is 27.2 Å². The summed E-state index contributed by atoms with van der Waals surface area (Å²) in [5.41, 5.74) is 10.2. The number of hydrogen-bond acceptors (Lipinski definition) is 9. The lowest BCUT2D eigenvalue weighted by Gasteiger charge is -2.37. The maximum atomic E-state index is 14.8. The van der Waals surface area contributed by atoms with Crippen LogP contribution in [-0.2, 0) is 10.0 Å². The molecule has 1 aliphatic heterocycles. The van der Waals surface area contributed by atoms with Crippen LogP contribution in [-0.4, -0.2) is 79.0 Å². The number of piperidine rings is 1. The van der Waals surface area contributed by atoms with Gasteiger partial charge in [-0.1, -0.05) is 6.07 Å². The van der Waals surface area contributed by atoms with E-state index in [9.17, 15) is 21.6 Å². The molecule has 37 heavy (non-hydrogen) atoms. The molecule has 1 atom stereocenters. The predicted molar refractivity (Wildman–Crippen MR) is 132 cm³/mol. The average Bonchev–Trinajstić information content (AvgIpc) is 3.28. The topological polar surface area (TPSA) is 137 Å². The molecule has 2 aromatic heterocycles. The van der Waals surface area contributed by atoms with Crippen LogP contribution in [0.1, 0.15) is 12.8 Å². The van der Waals surface area contributed by atoms with E-state index in [1.54, 1.807) is 30.5 Å². The van der Waals surface area contributed by atoms with Gasteiger partial charge in [0.1, 0.15) is 11.2 Å². The summed E-state index contributed by atoms with van der Waals surface area (Å²) in [6.45, 7) is -1.09. The second-order valence-corrected chi connectivity index (χ2v) is 10.6. The van der Waals surface area contributed by atoms with Crippen molar-refractivity contribution >= 4 is 32.9 Å². The molecule has 0 amide bonds. The van der Waals surface area contributed by atoms with Crippen molar-refractivity contribution in [2.24, 2.45) is 5.11 Å². The van der Waals surface area contributed by atoms with Crippen LogP contribution in [0.3, 0.4) is 0 Å². The summed E-state index contributed by atoms with van der Waals surface area (Å²) in [6.07, 6.45) is 2.71. The number of benzene rings is 1. The first-order valence-corrected chi connectivity index (χ1v) is 13.3. The number of hydrogen-bond donors (Lipinski definition) is 3. The third kappa shape index (κ3) is 5.61. The van der Waals surface area contributed by atoms with Crippen LogP contribution in [0, 0.1) is 5.53 Å². The monoisotopic (exact) mass is 540 g/mol. The molecule has 0 bridgehead atoms. The van der Waals surface area contributed by atoms with Crippen LogP contribution < -0.4 is 15.4 Å². The van der Waals surface area contributed by atoms with Gasteiger partial charge in [0.2, 0.25) is 21.9 Å². The quantitative estimate of drug-likeness (QED) is 0.262. The number of ether oxygens (including phenoxy) is 1. The molecule has 15 heteroatoms. The highest BCUT2D eigenvalue weighted by atomic mass is 32.2. The van der Waals surface area contributed by atoms with Gasteiger partial charge in [0.05, 0.1) is 38.3 Å². The highest BCUT2D eigenvalue weighted by Gasteiger charge is 2.47. The number of nitrogens with one attached hydrogen (secondary N) is 3. The third-order valence-corrected chi connectivity index (χ3v) is 7.31. The summed E-state index contributed by atoms with van der Waals surface area (Å²) in [7, 11) is -2.34. The Morgan fingerprint density at radius 3 is 2.76 bits per heavy atom. The Morgan fingerprint density at radius 2 is 2.11 bits per heavy atom. The molecule has 4 rings (SSSR count). The number of aromatic nitrogens is 3. The minimum atomic E-state index is -3.74. The van der Waals surface area contributed by atoms with Crippen molar-refractivity contribution in [2.75, 3.05) is 50.3 Å². The Kier molecular flexibility index (Phi) is 7.54. The first-order chi connectivity index (χ1) is 17.6. The van der Waals surface area contributed by atoms with Crippen LogP contribution in [0.2, 0.25) is 0 Å². The molecule has 1 aliphatic rings. The highest BCUT2D eigenvalue weighted by molar-refractivity contribution is 7.88. The van der Waals surface area contributed by atoms with Crippen LogP contribution in [0.15, 0.2) is 35.6 Å². The molecular formula is C22H27F3N8O3S. The summed E-state index contributed by atoms with van der Waals surface area (Å²) in [6, 6.07) is 5.56. The highest BCUT2D eigenvalue weighted by Crippen LogP contribution is 2.36. The van der Waals surface area contributed by atoms with Gasteiger partial charge < -0.3 is 15.4 Å². The molecular weight excluding hydrogens is 513 g/mol. The number of methoxy groups -OCH3 is 1. The standard InChI is InChI=1S/C22H27F3N8O3S/c1-36-20-19-15(14-4-5-16(30-26)17(12-14)27-9-3-8-23)6-11-33(19)31-21(29-20)28-18-7-10-32(37(2,34)35)13-22(18,24)25/h4-6,11-12,18,26-27H,3,7-10,13H2,1-2H3,(H,28,31)/t18-/m1/s1. The van der Waals surface area contributed by atoms with Crippen molar-refractivity contribution in [3.63, 3.8) is 0 Å². The largest absolute Gasteiger partial charge is 0.479 e. The maximum Gasteiger partial charge on any atom is 0.281 e. The van der Waals surface area contributed by atoms with Gasteiger partial charge in [0, 0.05) is 24.8 Å². The van der Waals surface area contributed by atoms with Crippen LogP contribution in [0.25, 0.3) is 16.6 Å². The molecule has 0 radical (unpaired) electrons. The Hall–Kier alpha value is -3.46. The zero-order valence-corrected chi connectivity index (χ0v) is 21.0. The molecule has 1 saturated heterocycles. The normalized spacial score (nSPS) is 18.0. The lowest BCUT2D eigenvalue weighted by atomic mass is 10.0. The zero-order valence-electron chi connectivity index (χ0n) is 20.2. The van der Waals surface area contributed by atoms with E-state index in [4.69, 9.17) is 10.3 Å². The number of rotatable bonds is 10. The van der Waals surface area contributed by atoms with Gasteiger partial charge in [-0.05, 0) is 36.6 Å². The summed E-state index contributed by atoms with van der Waals surface area (Å²) < 4.78 is 73.1. The molecule has 1 fully saturated rings. The number of sulfonamides is 1.